The number of carboxylic acid groups (broad SMARTS) is 1. The van der Waals surface area contributed by atoms with Gasteiger partial charge in [-0.25, -0.2) is 4.79 Å². The van der Waals surface area contributed by atoms with Gasteiger partial charge in [-0.1, -0.05) is 53.7 Å². The second kappa shape index (κ2) is 9.76. The molecule has 158 valence electrons. The maximum Gasteiger partial charge on any atom is 0.506 e. The number of hydrogen-bond donors (Lipinski definition) is 1. The summed E-state index contributed by atoms with van der Waals surface area (Å²) in [6.45, 7) is 2.71. The smallest absolute Gasteiger partial charge is 0.450 e. The van der Waals surface area contributed by atoms with Gasteiger partial charge in [-0.05, 0) is 54.5 Å². The maximum atomic E-state index is 10.7. The highest BCUT2D eigenvalue weighted by molar-refractivity contribution is 5.74. The summed E-state index contributed by atoms with van der Waals surface area (Å²) < 4.78 is 4.91. The zero-order valence-corrected chi connectivity index (χ0v) is 17.1. The third-order valence-electron chi connectivity index (χ3n) is 5.96. The predicted octanol–water partition coefficient (Wildman–Crippen LogP) is 4.08. The van der Waals surface area contributed by atoms with Crippen LogP contribution in [0.3, 0.4) is 0 Å². The van der Waals surface area contributed by atoms with Crippen LogP contribution in [-0.4, -0.2) is 54.7 Å². The summed E-state index contributed by atoms with van der Waals surface area (Å²) in [6.07, 6.45) is 4.24. The highest BCUT2D eigenvalue weighted by atomic mass is 16.7. The summed E-state index contributed by atoms with van der Waals surface area (Å²) in [5, 5.41) is 13.1. The first-order valence-electron chi connectivity index (χ1n) is 10.6. The van der Waals surface area contributed by atoms with E-state index in [0.717, 1.165) is 32.2 Å². The van der Waals surface area contributed by atoms with Gasteiger partial charge in [0.15, 0.2) is 0 Å². The van der Waals surface area contributed by atoms with Crippen LogP contribution in [0.25, 0.3) is 0 Å². The molecule has 2 aliphatic rings. The molecule has 1 aliphatic carbocycles. The van der Waals surface area contributed by atoms with Crippen molar-refractivity contribution in [2.24, 2.45) is 5.16 Å². The second-order valence-electron chi connectivity index (χ2n) is 7.91. The first kappa shape index (κ1) is 20.4. The Morgan fingerprint density at radius 3 is 2.43 bits per heavy atom. The van der Waals surface area contributed by atoms with Crippen molar-refractivity contribution in [3.8, 4) is 0 Å². The van der Waals surface area contributed by atoms with E-state index in [1.807, 2.05) is 6.21 Å². The minimum absolute atomic E-state index is 0.0863. The summed E-state index contributed by atoms with van der Waals surface area (Å²) in [4.78, 5) is 18.5. The van der Waals surface area contributed by atoms with Crippen LogP contribution in [-0.2, 0) is 22.4 Å². The molecule has 0 spiro atoms. The number of carbonyl (C=O) groups is 1. The van der Waals surface area contributed by atoms with Crippen molar-refractivity contribution in [1.82, 2.24) is 4.90 Å². The van der Waals surface area contributed by atoms with E-state index < -0.39 is 6.16 Å². The summed E-state index contributed by atoms with van der Waals surface area (Å²) in [5.74, 6) is 0.0863. The Morgan fingerprint density at radius 2 is 1.77 bits per heavy atom. The number of nitrogens with zero attached hydrogens (tertiary/aromatic N) is 2. The van der Waals surface area contributed by atoms with E-state index in [4.69, 9.17) is 14.7 Å². The third-order valence-corrected chi connectivity index (χ3v) is 5.96. The van der Waals surface area contributed by atoms with Gasteiger partial charge in [-0.15, -0.1) is 0 Å². The van der Waals surface area contributed by atoms with Gasteiger partial charge in [0.05, 0.1) is 6.21 Å². The van der Waals surface area contributed by atoms with Gasteiger partial charge in [-0.3, -0.25) is 4.90 Å². The Hall–Kier alpha value is -2.86. The average molecular weight is 408 g/mol. The molecule has 0 unspecified atom stereocenters. The fourth-order valence-corrected chi connectivity index (χ4v) is 4.51. The van der Waals surface area contributed by atoms with Gasteiger partial charge in [0.25, 0.3) is 0 Å². The highest BCUT2D eigenvalue weighted by Gasteiger charge is 2.23. The molecule has 2 aromatic carbocycles. The average Bonchev–Trinajstić information content (AvgIpc) is 2.91. The van der Waals surface area contributed by atoms with Crippen molar-refractivity contribution >= 4 is 12.4 Å². The number of rotatable bonds is 6. The Balaban J connectivity index is 1.37. The van der Waals surface area contributed by atoms with Gasteiger partial charge in [0.2, 0.25) is 0 Å². The van der Waals surface area contributed by atoms with Crippen LogP contribution in [0, 0.1) is 0 Å². The van der Waals surface area contributed by atoms with Crippen molar-refractivity contribution in [2.75, 3.05) is 26.2 Å². The molecule has 0 saturated carbocycles. The fourth-order valence-electron chi connectivity index (χ4n) is 4.51. The molecular weight excluding hydrogens is 380 g/mol. The van der Waals surface area contributed by atoms with Crippen LogP contribution in [0.15, 0.2) is 53.7 Å². The van der Waals surface area contributed by atoms with E-state index in [2.05, 4.69) is 58.6 Å². The van der Waals surface area contributed by atoms with Crippen molar-refractivity contribution in [3.05, 3.63) is 70.8 Å². The monoisotopic (exact) mass is 408 g/mol. The van der Waals surface area contributed by atoms with Crippen LogP contribution in [0.2, 0.25) is 0 Å². The molecule has 2 aromatic rings. The molecule has 1 saturated heterocycles. The molecule has 6 heteroatoms. The van der Waals surface area contributed by atoms with Gasteiger partial charge in [0, 0.05) is 19.0 Å². The van der Waals surface area contributed by atoms with Crippen LogP contribution in [0.5, 0.6) is 0 Å². The molecule has 0 aromatic heterocycles. The van der Waals surface area contributed by atoms with Crippen LogP contribution in [0.1, 0.15) is 41.0 Å². The molecule has 1 fully saturated rings. The quantitative estimate of drug-likeness (QED) is 0.338. The van der Waals surface area contributed by atoms with Gasteiger partial charge in [-0.2, -0.15) is 0 Å². The Bertz CT molecular complexity index is 851. The number of piperidine rings is 1. The van der Waals surface area contributed by atoms with Crippen LogP contribution >= 0.6 is 0 Å². The van der Waals surface area contributed by atoms with Crippen molar-refractivity contribution < 1.29 is 19.5 Å². The molecule has 1 heterocycles. The number of hydrogen-bond acceptors (Lipinski definition) is 5. The maximum absolute atomic E-state index is 10.7. The Kier molecular flexibility index (Phi) is 6.64. The van der Waals surface area contributed by atoms with E-state index in [1.165, 1.54) is 22.3 Å². The lowest BCUT2D eigenvalue weighted by atomic mass is 9.89. The van der Waals surface area contributed by atoms with Crippen molar-refractivity contribution in [2.45, 2.75) is 37.7 Å². The summed E-state index contributed by atoms with van der Waals surface area (Å²) in [7, 11) is 0. The lowest BCUT2D eigenvalue weighted by Crippen LogP contribution is -2.41. The van der Waals surface area contributed by atoms with Gasteiger partial charge < -0.3 is 14.7 Å². The molecule has 0 radical (unpaired) electrons. The molecule has 0 amide bonds. The molecule has 30 heavy (non-hydrogen) atoms. The first-order valence-corrected chi connectivity index (χ1v) is 10.6. The predicted molar refractivity (Wildman–Crippen MR) is 115 cm³/mol. The molecule has 0 bridgehead atoms. The molecule has 6 nitrogen and oxygen atoms in total. The molecule has 4 rings (SSSR count). The normalized spacial score (nSPS) is 19.7. The lowest BCUT2D eigenvalue weighted by Gasteiger charge is -2.31. The molecular formula is C24H28N2O4. The standard InChI is InChI=1S/C24H28N2O4/c27-24(28)30-20-8-5-13-26(17-20)14-15-29-25-16-23-21-9-3-1-6-18(21)11-12-19-7-2-4-10-22(19)23/h1-4,6-7,9-10,16,20,23H,5,8,11-15,17H2,(H,27,28)/t20-/m1/s1. The van der Waals surface area contributed by atoms with Crippen molar-refractivity contribution in [1.29, 1.82) is 0 Å². The zero-order chi connectivity index (χ0) is 20.8. The number of oxime groups is 1. The van der Waals surface area contributed by atoms with Crippen LogP contribution in [0.4, 0.5) is 4.79 Å². The SMILES string of the molecule is O=C(O)O[C@@H]1CCCN(CCON=CC2c3ccccc3CCc3ccccc32)C1. The van der Waals surface area contributed by atoms with Gasteiger partial charge >= 0.3 is 6.16 Å². The van der Waals surface area contributed by atoms with E-state index >= 15 is 0 Å². The van der Waals surface area contributed by atoms with E-state index in [0.29, 0.717) is 19.7 Å². The Labute approximate surface area is 177 Å². The molecule has 1 aliphatic heterocycles. The minimum atomic E-state index is -1.20. The van der Waals surface area contributed by atoms with E-state index in [1.54, 1.807) is 0 Å². The van der Waals surface area contributed by atoms with Crippen LogP contribution < -0.4 is 0 Å². The number of benzene rings is 2. The van der Waals surface area contributed by atoms with E-state index in [9.17, 15) is 4.79 Å². The topological polar surface area (TPSA) is 71.4 Å². The third kappa shape index (κ3) is 5.00. The molecule has 1 atom stereocenters. The van der Waals surface area contributed by atoms with E-state index in [-0.39, 0.29) is 12.0 Å². The number of fused-ring (bicyclic) bond motifs is 2. The highest BCUT2D eigenvalue weighted by Crippen LogP contribution is 2.33. The first-order chi connectivity index (χ1) is 14.7. The minimum Gasteiger partial charge on any atom is -0.450 e. The van der Waals surface area contributed by atoms with Gasteiger partial charge in [0.1, 0.15) is 12.7 Å². The second-order valence-corrected chi connectivity index (χ2v) is 7.91. The number of ether oxygens (including phenoxy) is 1. The van der Waals surface area contributed by atoms with Crippen molar-refractivity contribution in [3.63, 3.8) is 0 Å². The fraction of sp³-hybridized carbons (Fsp3) is 0.417. The number of aryl methyl sites for hydroxylation is 2. The lowest BCUT2D eigenvalue weighted by molar-refractivity contribution is 0.00615. The summed E-state index contributed by atoms with van der Waals surface area (Å²) in [5.41, 5.74) is 5.31. The summed E-state index contributed by atoms with van der Waals surface area (Å²) >= 11 is 0. The summed E-state index contributed by atoms with van der Waals surface area (Å²) in [6, 6.07) is 17.1. The number of likely N-dealkylation sites (tertiary alicyclic amines) is 1. The Morgan fingerprint density at radius 1 is 1.10 bits per heavy atom. The molecule has 1 N–H and O–H groups in total. The zero-order valence-electron chi connectivity index (χ0n) is 17.1. The largest absolute Gasteiger partial charge is 0.506 e.